The number of hydrogen-bond acceptors (Lipinski definition) is 5. The van der Waals surface area contributed by atoms with Crippen LogP contribution in [0.25, 0.3) is 0 Å². The lowest BCUT2D eigenvalue weighted by Crippen LogP contribution is -2.40. The Morgan fingerprint density at radius 2 is 1.91 bits per heavy atom. The molecule has 2 fully saturated rings. The quantitative estimate of drug-likeness (QED) is 0.659. The molecule has 1 aromatic heterocycles. The van der Waals surface area contributed by atoms with Crippen molar-refractivity contribution >= 4 is 11.7 Å². The van der Waals surface area contributed by atoms with Gasteiger partial charge in [-0.2, -0.15) is 13.2 Å². The smallest absolute Gasteiger partial charge is 0.433 e. The zero-order chi connectivity index (χ0) is 23.0. The van der Waals surface area contributed by atoms with Crippen molar-refractivity contribution in [1.29, 1.82) is 0 Å². The number of likely N-dealkylation sites (tertiary alicyclic amines) is 2. The van der Waals surface area contributed by atoms with Crippen molar-refractivity contribution in [3.63, 3.8) is 0 Å². The maximum absolute atomic E-state index is 12.9. The van der Waals surface area contributed by atoms with Crippen LogP contribution in [0.3, 0.4) is 0 Å². The average molecular weight is 445 g/mol. The first kappa shape index (κ1) is 21.9. The Kier molecular flexibility index (Phi) is 5.66. The Hall–Kier alpha value is -3.36. The van der Waals surface area contributed by atoms with Gasteiger partial charge >= 0.3 is 6.18 Å². The van der Waals surface area contributed by atoms with Gasteiger partial charge in [0.15, 0.2) is 11.7 Å². The normalized spacial score (nSPS) is 20.4. The summed E-state index contributed by atoms with van der Waals surface area (Å²) in [7, 11) is 0. The van der Waals surface area contributed by atoms with E-state index >= 15 is 0 Å². The summed E-state index contributed by atoms with van der Waals surface area (Å²) >= 11 is 0. The van der Waals surface area contributed by atoms with Crippen LogP contribution >= 0.6 is 0 Å². The summed E-state index contributed by atoms with van der Waals surface area (Å²) in [6.45, 7) is 5.88. The molecular formula is C23H22F3N3O3. The van der Waals surface area contributed by atoms with Crippen LogP contribution in [0.2, 0.25) is 0 Å². The molecule has 1 amide bonds. The van der Waals surface area contributed by atoms with E-state index in [4.69, 9.17) is 4.74 Å². The first-order valence-corrected chi connectivity index (χ1v) is 10.2. The highest BCUT2D eigenvalue weighted by molar-refractivity contribution is 6.01. The van der Waals surface area contributed by atoms with Crippen molar-refractivity contribution in [3.05, 3.63) is 77.4 Å². The van der Waals surface area contributed by atoms with Crippen molar-refractivity contribution in [3.8, 4) is 0 Å². The van der Waals surface area contributed by atoms with E-state index in [1.165, 1.54) is 13.0 Å². The fraction of sp³-hybridized carbons (Fsp3) is 0.348. The van der Waals surface area contributed by atoms with Gasteiger partial charge in [-0.05, 0) is 38.1 Å². The largest absolute Gasteiger partial charge is 0.475 e. The molecule has 0 saturated carbocycles. The number of ether oxygens (including phenoxy) is 1. The fourth-order valence-corrected chi connectivity index (χ4v) is 4.26. The minimum Gasteiger partial charge on any atom is -0.475 e. The van der Waals surface area contributed by atoms with Crippen LogP contribution in [-0.2, 0) is 22.3 Å². The van der Waals surface area contributed by atoms with Crippen molar-refractivity contribution in [2.75, 3.05) is 13.1 Å². The lowest BCUT2D eigenvalue weighted by molar-refractivity contribution is -0.141. The van der Waals surface area contributed by atoms with Gasteiger partial charge in [-0.25, -0.2) is 4.98 Å². The lowest BCUT2D eigenvalue weighted by Gasteiger charge is -2.27. The molecule has 0 unspecified atom stereocenters. The van der Waals surface area contributed by atoms with E-state index in [1.54, 1.807) is 34.1 Å². The van der Waals surface area contributed by atoms with Crippen molar-refractivity contribution in [2.45, 2.75) is 38.2 Å². The topological polar surface area (TPSA) is 62.7 Å². The summed E-state index contributed by atoms with van der Waals surface area (Å²) in [6, 6.07) is 10.2. The van der Waals surface area contributed by atoms with E-state index in [9.17, 15) is 22.8 Å². The third-order valence-electron chi connectivity index (χ3n) is 5.90. The summed E-state index contributed by atoms with van der Waals surface area (Å²) in [6.07, 6.45) is -3.91. The summed E-state index contributed by atoms with van der Waals surface area (Å²) in [5.41, 5.74) is 0.275. The van der Waals surface area contributed by atoms with Gasteiger partial charge in [0.2, 0.25) is 0 Å². The standard InChI is InChI=1S/C23H22F3N3O3/c1-14-17(8-9-20(27-14)23(24,25)26)13-32-15(2)28-11-10-18-21(28)19(30)12-29(18)22(31)16-6-4-3-5-7-16/h3-9,18,21H,2,10-13H2,1H3/t18-,21+/m1/s1. The molecule has 9 heteroatoms. The maximum Gasteiger partial charge on any atom is 0.433 e. The highest BCUT2D eigenvalue weighted by atomic mass is 19.4. The van der Waals surface area contributed by atoms with E-state index in [2.05, 4.69) is 11.6 Å². The number of nitrogens with zero attached hydrogens (tertiary/aromatic N) is 3. The van der Waals surface area contributed by atoms with Gasteiger partial charge in [0.1, 0.15) is 18.3 Å². The summed E-state index contributed by atoms with van der Waals surface area (Å²) in [5.74, 6) is -0.0284. The van der Waals surface area contributed by atoms with Gasteiger partial charge in [-0.1, -0.05) is 24.3 Å². The second-order valence-electron chi connectivity index (χ2n) is 7.88. The fourth-order valence-electron chi connectivity index (χ4n) is 4.26. The minimum atomic E-state index is -4.51. The number of ketones is 1. The van der Waals surface area contributed by atoms with Gasteiger partial charge in [0.25, 0.3) is 5.91 Å². The van der Waals surface area contributed by atoms with Crippen LogP contribution in [0, 0.1) is 6.92 Å². The van der Waals surface area contributed by atoms with Crippen LogP contribution in [0.15, 0.2) is 54.9 Å². The van der Waals surface area contributed by atoms with E-state index in [0.29, 0.717) is 24.1 Å². The van der Waals surface area contributed by atoms with Crippen LogP contribution in [0.5, 0.6) is 0 Å². The van der Waals surface area contributed by atoms with Gasteiger partial charge in [0.05, 0.1) is 12.6 Å². The SMILES string of the molecule is C=C(OCc1ccc(C(F)(F)F)nc1C)N1CC[C@@H]2[C@H]1C(=O)CN2C(=O)c1ccccc1. The summed E-state index contributed by atoms with van der Waals surface area (Å²) in [4.78, 5) is 32.5. The van der Waals surface area contributed by atoms with Crippen LogP contribution in [0.4, 0.5) is 13.2 Å². The molecule has 4 rings (SSSR count). The third kappa shape index (κ3) is 4.06. The molecule has 0 aliphatic carbocycles. The molecule has 0 bridgehead atoms. The monoisotopic (exact) mass is 445 g/mol. The third-order valence-corrected chi connectivity index (χ3v) is 5.90. The molecule has 2 aromatic rings. The zero-order valence-electron chi connectivity index (χ0n) is 17.4. The number of aryl methyl sites for hydroxylation is 1. The predicted molar refractivity (Wildman–Crippen MR) is 109 cm³/mol. The number of alkyl halides is 3. The highest BCUT2D eigenvalue weighted by Gasteiger charge is 2.50. The Balaban J connectivity index is 1.42. The Bertz CT molecular complexity index is 1060. The zero-order valence-corrected chi connectivity index (χ0v) is 17.4. The molecule has 6 nitrogen and oxygen atoms in total. The number of aromatic nitrogens is 1. The van der Waals surface area contributed by atoms with E-state index < -0.39 is 17.9 Å². The maximum atomic E-state index is 12.9. The van der Waals surface area contributed by atoms with E-state index in [1.807, 2.05) is 6.07 Å². The van der Waals surface area contributed by atoms with Crippen molar-refractivity contribution in [1.82, 2.24) is 14.8 Å². The second-order valence-corrected chi connectivity index (χ2v) is 7.88. The average Bonchev–Trinajstić information content (AvgIpc) is 3.33. The second kappa shape index (κ2) is 8.29. The number of halogens is 3. The van der Waals surface area contributed by atoms with Crippen LogP contribution in [0.1, 0.15) is 33.7 Å². The van der Waals surface area contributed by atoms with Gasteiger partial charge < -0.3 is 14.5 Å². The number of carbonyl (C=O) groups is 2. The number of carbonyl (C=O) groups excluding carboxylic acids is 2. The minimum absolute atomic E-state index is 0.0226. The van der Waals surface area contributed by atoms with Gasteiger partial charge in [0, 0.05) is 23.4 Å². The first-order valence-electron chi connectivity index (χ1n) is 10.2. The number of pyridine rings is 1. The predicted octanol–water partition coefficient (Wildman–Crippen LogP) is 3.56. The van der Waals surface area contributed by atoms with Gasteiger partial charge in [-0.15, -0.1) is 0 Å². The summed E-state index contributed by atoms with van der Waals surface area (Å²) < 4.78 is 44.1. The van der Waals surface area contributed by atoms with Crippen LogP contribution < -0.4 is 0 Å². The summed E-state index contributed by atoms with van der Waals surface area (Å²) in [5, 5.41) is 0. The Morgan fingerprint density at radius 1 is 1.19 bits per heavy atom. The Morgan fingerprint density at radius 3 is 2.56 bits per heavy atom. The van der Waals surface area contributed by atoms with Gasteiger partial charge in [-0.3, -0.25) is 9.59 Å². The lowest BCUT2D eigenvalue weighted by atomic mass is 10.1. The molecule has 3 heterocycles. The first-order chi connectivity index (χ1) is 15.2. The molecule has 2 aliphatic rings. The van der Waals surface area contributed by atoms with Crippen LogP contribution in [-0.4, -0.2) is 51.6 Å². The number of benzene rings is 1. The molecular weight excluding hydrogens is 423 g/mol. The molecule has 0 spiro atoms. The van der Waals surface area contributed by atoms with E-state index in [0.717, 1.165) is 6.07 Å². The molecule has 1 aromatic carbocycles. The number of rotatable bonds is 5. The molecule has 0 N–H and O–H groups in total. The molecule has 2 aliphatic heterocycles. The molecule has 2 atom stereocenters. The Labute approximate surface area is 183 Å². The molecule has 0 radical (unpaired) electrons. The van der Waals surface area contributed by atoms with Crippen molar-refractivity contribution in [2.24, 2.45) is 0 Å². The van der Waals surface area contributed by atoms with Crippen molar-refractivity contribution < 1.29 is 27.5 Å². The number of fused-ring (bicyclic) bond motifs is 1. The molecule has 168 valence electrons. The molecule has 2 saturated heterocycles. The van der Waals surface area contributed by atoms with E-state index in [-0.39, 0.29) is 42.5 Å². The number of Topliss-reactive ketones (excluding diaryl/α,β-unsaturated/α-hetero) is 1. The number of hydrogen-bond donors (Lipinski definition) is 0. The number of amides is 1. The highest BCUT2D eigenvalue weighted by Crippen LogP contribution is 2.33. The molecule has 32 heavy (non-hydrogen) atoms.